The molecule has 0 fully saturated rings. The highest BCUT2D eigenvalue weighted by atomic mass is 32.1. The molecule has 1 aromatic heterocycles. The largest absolute Gasteiger partial charge is 0.344 e. The Morgan fingerprint density at radius 2 is 2.17 bits per heavy atom. The molecule has 1 unspecified atom stereocenters. The predicted octanol–water partition coefficient (Wildman–Crippen LogP) is 3.22. The van der Waals surface area contributed by atoms with Gasteiger partial charge in [0.1, 0.15) is 5.69 Å². The summed E-state index contributed by atoms with van der Waals surface area (Å²) >= 11 is 1.25. The van der Waals surface area contributed by atoms with Crippen molar-refractivity contribution in [1.29, 1.82) is 0 Å². The van der Waals surface area contributed by atoms with Gasteiger partial charge in [0.15, 0.2) is 5.13 Å². The third-order valence-corrected chi connectivity index (χ3v) is 4.70. The van der Waals surface area contributed by atoms with Gasteiger partial charge in [0.05, 0.1) is 6.04 Å². The van der Waals surface area contributed by atoms with Gasteiger partial charge >= 0.3 is 0 Å². The third kappa shape index (κ3) is 3.59. The number of amides is 2. The molecular formula is C17H19N3O2S. The number of aromatic nitrogens is 1. The Morgan fingerprint density at radius 1 is 1.35 bits per heavy atom. The Bertz CT molecular complexity index is 754. The van der Waals surface area contributed by atoms with E-state index in [-0.39, 0.29) is 17.9 Å². The fourth-order valence-corrected chi connectivity index (χ4v) is 3.62. The molecule has 1 aromatic carbocycles. The van der Waals surface area contributed by atoms with Crippen LogP contribution in [0.5, 0.6) is 0 Å². The van der Waals surface area contributed by atoms with Crippen molar-refractivity contribution in [3.05, 3.63) is 46.0 Å². The monoisotopic (exact) mass is 329 g/mol. The minimum atomic E-state index is -0.197. The van der Waals surface area contributed by atoms with Gasteiger partial charge in [0.2, 0.25) is 5.91 Å². The topological polar surface area (TPSA) is 71.1 Å². The lowest BCUT2D eigenvalue weighted by molar-refractivity contribution is -0.114. The summed E-state index contributed by atoms with van der Waals surface area (Å²) in [6.07, 6.45) is 3.06. The van der Waals surface area contributed by atoms with Crippen molar-refractivity contribution in [2.75, 3.05) is 5.32 Å². The first-order chi connectivity index (χ1) is 11.0. The number of benzene rings is 1. The second-order valence-corrected chi connectivity index (χ2v) is 6.70. The molecule has 2 aromatic rings. The minimum Gasteiger partial charge on any atom is -0.344 e. The van der Waals surface area contributed by atoms with E-state index in [1.807, 2.05) is 0 Å². The van der Waals surface area contributed by atoms with E-state index in [2.05, 4.69) is 40.7 Å². The Labute approximate surface area is 139 Å². The Morgan fingerprint density at radius 3 is 2.96 bits per heavy atom. The molecule has 0 radical (unpaired) electrons. The first kappa shape index (κ1) is 15.7. The van der Waals surface area contributed by atoms with Gasteiger partial charge in [-0.2, -0.15) is 0 Å². The maximum absolute atomic E-state index is 12.4. The van der Waals surface area contributed by atoms with Crippen molar-refractivity contribution >= 4 is 28.3 Å². The highest BCUT2D eigenvalue weighted by molar-refractivity contribution is 7.14. The van der Waals surface area contributed by atoms with E-state index in [4.69, 9.17) is 0 Å². The average Bonchev–Trinajstić information content (AvgIpc) is 2.95. The van der Waals surface area contributed by atoms with Crippen LogP contribution in [0.25, 0.3) is 0 Å². The van der Waals surface area contributed by atoms with E-state index in [1.54, 1.807) is 5.38 Å². The number of carbonyl (C=O) groups is 2. The van der Waals surface area contributed by atoms with Gasteiger partial charge in [-0.25, -0.2) is 4.98 Å². The predicted molar refractivity (Wildman–Crippen MR) is 90.7 cm³/mol. The number of hydrogen-bond acceptors (Lipinski definition) is 4. The van der Waals surface area contributed by atoms with Crippen molar-refractivity contribution < 1.29 is 9.59 Å². The quantitative estimate of drug-likeness (QED) is 0.908. The lowest BCUT2D eigenvalue weighted by atomic mass is 9.86. The van der Waals surface area contributed by atoms with Crippen LogP contribution in [0.1, 0.15) is 53.0 Å². The molecule has 0 saturated carbocycles. The molecule has 23 heavy (non-hydrogen) atoms. The molecule has 5 nitrogen and oxygen atoms in total. The van der Waals surface area contributed by atoms with Crippen LogP contribution in [0.2, 0.25) is 0 Å². The summed E-state index contributed by atoms with van der Waals surface area (Å²) < 4.78 is 0. The molecule has 0 aliphatic heterocycles. The first-order valence-corrected chi connectivity index (χ1v) is 8.54. The summed E-state index contributed by atoms with van der Waals surface area (Å²) in [5.74, 6) is -0.389. The SMILES string of the molecule is CC(=O)Nc1nc(C(=O)NC2CCCc3ccc(C)cc32)cs1. The summed E-state index contributed by atoms with van der Waals surface area (Å²) in [7, 11) is 0. The van der Waals surface area contributed by atoms with Crippen molar-refractivity contribution in [2.24, 2.45) is 0 Å². The van der Waals surface area contributed by atoms with E-state index >= 15 is 0 Å². The number of aryl methyl sites for hydroxylation is 2. The highest BCUT2D eigenvalue weighted by Gasteiger charge is 2.23. The number of rotatable bonds is 3. The zero-order chi connectivity index (χ0) is 16.4. The number of hydrogen-bond donors (Lipinski definition) is 2. The molecule has 0 bridgehead atoms. The molecule has 1 atom stereocenters. The molecule has 1 aliphatic rings. The van der Waals surface area contributed by atoms with Crippen molar-refractivity contribution in [2.45, 2.75) is 39.2 Å². The maximum Gasteiger partial charge on any atom is 0.271 e. The molecule has 1 aliphatic carbocycles. The van der Waals surface area contributed by atoms with Gasteiger partial charge in [-0.15, -0.1) is 11.3 Å². The molecule has 3 rings (SSSR count). The van der Waals surface area contributed by atoms with Crippen molar-refractivity contribution in [3.8, 4) is 0 Å². The Balaban J connectivity index is 1.75. The molecule has 6 heteroatoms. The second-order valence-electron chi connectivity index (χ2n) is 5.84. The van der Waals surface area contributed by atoms with E-state index in [9.17, 15) is 9.59 Å². The van der Waals surface area contributed by atoms with E-state index in [0.717, 1.165) is 19.3 Å². The van der Waals surface area contributed by atoms with Crippen LogP contribution in [0, 0.1) is 6.92 Å². The fourth-order valence-electron chi connectivity index (χ4n) is 2.89. The molecule has 120 valence electrons. The Hall–Kier alpha value is -2.21. The number of carbonyl (C=O) groups excluding carboxylic acids is 2. The molecule has 0 spiro atoms. The minimum absolute atomic E-state index is 0.0251. The van der Waals surface area contributed by atoms with Crippen LogP contribution < -0.4 is 10.6 Å². The van der Waals surface area contributed by atoms with E-state index in [0.29, 0.717) is 10.8 Å². The second kappa shape index (κ2) is 6.50. The summed E-state index contributed by atoms with van der Waals surface area (Å²) in [6.45, 7) is 3.48. The van der Waals surface area contributed by atoms with Crippen LogP contribution in [0.4, 0.5) is 5.13 Å². The van der Waals surface area contributed by atoms with Gasteiger partial charge in [-0.3, -0.25) is 9.59 Å². The summed E-state index contributed by atoms with van der Waals surface area (Å²) in [4.78, 5) is 27.6. The van der Waals surface area contributed by atoms with Crippen LogP contribution in [0.3, 0.4) is 0 Å². The van der Waals surface area contributed by atoms with Crippen LogP contribution in [-0.4, -0.2) is 16.8 Å². The van der Waals surface area contributed by atoms with Crippen LogP contribution in [0.15, 0.2) is 23.6 Å². The van der Waals surface area contributed by atoms with E-state index in [1.165, 1.54) is 35.0 Å². The molecule has 0 saturated heterocycles. The fraction of sp³-hybridized carbons (Fsp3) is 0.353. The molecule has 2 amide bonds. The number of thiazole rings is 1. The average molecular weight is 329 g/mol. The van der Waals surface area contributed by atoms with Gasteiger partial charge in [-0.1, -0.05) is 23.8 Å². The summed E-state index contributed by atoms with van der Waals surface area (Å²) in [5, 5.41) is 7.79. The maximum atomic E-state index is 12.4. The number of anilines is 1. The van der Waals surface area contributed by atoms with Crippen molar-refractivity contribution in [3.63, 3.8) is 0 Å². The lowest BCUT2D eigenvalue weighted by Gasteiger charge is -2.26. The summed E-state index contributed by atoms with van der Waals surface area (Å²) in [6, 6.07) is 6.45. The van der Waals surface area contributed by atoms with Gasteiger partial charge < -0.3 is 10.6 Å². The van der Waals surface area contributed by atoms with Crippen LogP contribution >= 0.6 is 11.3 Å². The third-order valence-electron chi connectivity index (χ3n) is 3.94. The zero-order valence-corrected chi connectivity index (χ0v) is 14.0. The zero-order valence-electron chi connectivity index (χ0n) is 13.2. The number of nitrogens with zero attached hydrogens (tertiary/aromatic N) is 1. The summed E-state index contributed by atoms with van der Waals surface area (Å²) in [5.41, 5.74) is 4.07. The van der Waals surface area contributed by atoms with Gasteiger partial charge in [0, 0.05) is 12.3 Å². The van der Waals surface area contributed by atoms with E-state index < -0.39 is 0 Å². The molecular weight excluding hydrogens is 310 g/mol. The lowest BCUT2D eigenvalue weighted by Crippen LogP contribution is -2.31. The van der Waals surface area contributed by atoms with Crippen molar-refractivity contribution in [1.82, 2.24) is 10.3 Å². The highest BCUT2D eigenvalue weighted by Crippen LogP contribution is 2.30. The normalized spacial score (nSPS) is 16.5. The molecule has 1 heterocycles. The number of fused-ring (bicyclic) bond motifs is 1. The standard InChI is InChI=1S/C17H19N3O2S/c1-10-6-7-12-4-3-5-14(13(12)8-10)19-16(22)15-9-23-17(20-15)18-11(2)21/h6-9,14H,3-5H2,1-2H3,(H,19,22)(H,18,20,21). The van der Waals surface area contributed by atoms with Gasteiger partial charge in [-0.05, 0) is 37.3 Å². The Kier molecular flexibility index (Phi) is 4.43. The number of nitrogens with one attached hydrogen (secondary N) is 2. The van der Waals surface area contributed by atoms with Crippen LogP contribution in [-0.2, 0) is 11.2 Å². The van der Waals surface area contributed by atoms with Gasteiger partial charge in [0.25, 0.3) is 5.91 Å². The first-order valence-electron chi connectivity index (χ1n) is 7.66. The smallest absolute Gasteiger partial charge is 0.271 e. The molecule has 2 N–H and O–H groups in total.